The molecule has 122 valence electrons. The summed E-state index contributed by atoms with van der Waals surface area (Å²) < 4.78 is 5.21. The Hall–Kier alpha value is -0.850. The second-order valence-electron chi connectivity index (χ2n) is 5.57. The number of halogens is 1. The van der Waals surface area contributed by atoms with Gasteiger partial charge in [0.1, 0.15) is 0 Å². The van der Waals surface area contributed by atoms with Crippen LogP contribution in [0.25, 0.3) is 0 Å². The standard InChI is InChI=1S/C14H25N3O3.ClH/c15-10-11-2-1-3-12(11)14(19)16-5-4-13(18)17-6-8-20-9-7-17;/h11-12H,1-10,15H2,(H,16,19);1H/t11-,12-;/m1./s1. The van der Waals surface area contributed by atoms with Crippen molar-refractivity contribution in [3.63, 3.8) is 0 Å². The van der Waals surface area contributed by atoms with Gasteiger partial charge in [0.2, 0.25) is 11.8 Å². The van der Waals surface area contributed by atoms with Gasteiger partial charge in [-0.05, 0) is 25.3 Å². The molecule has 2 aliphatic rings. The normalized spacial score (nSPS) is 25.3. The third-order valence-electron chi connectivity index (χ3n) is 4.30. The zero-order valence-corrected chi connectivity index (χ0v) is 13.2. The van der Waals surface area contributed by atoms with Gasteiger partial charge in [-0.1, -0.05) is 6.42 Å². The highest BCUT2D eigenvalue weighted by molar-refractivity contribution is 5.85. The summed E-state index contributed by atoms with van der Waals surface area (Å²) in [5, 5.41) is 2.89. The van der Waals surface area contributed by atoms with E-state index < -0.39 is 0 Å². The summed E-state index contributed by atoms with van der Waals surface area (Å²) in [5.74, 6) is 0.506. The van der Waals surface area contributed by atoms with Crippen molar-refractivity contribution >= 4 is 24.2 Å². The Bertz CT molecular complexity index is 348. The first-order valence-electron chi connectivity index (χ1n) is 7.55. The van der Waals surface area contributed by atoms with Crippen LogP contribution in [0.2, 0.25) is 0 Å². The van der Waals surface area contributed by atoms with Gasteiger partial charge in [0, 0.05) is 32.0 Å². The lowest BCUT2D eigenvalue weighted by atomic mass is 9.95. The average molecular weight is 320 g/mol. The molecule has 2 rings (SSSR count). The van der Waals surface area contributed by atoms with Crippen molar-refractivity contribution in [1.82, 2.24) is 10.2 Å². The van der Waals surface area contributed by atoms with Crippen molar-refractivity contribution in [2.45, 2.75) is 25.7 Å². The number of carbonyl (C=O) groups is 2. The quantitative estimate of drug-likeness (QED) is 0.755. The molecule has 2 amide bonds. The van der Waals surface area contributed by atoms with Crippen molar-refractivity contribution in [2.75, 3.05) is 39.4 Å². The van der Waals surface area contributed by atoms with Gasteiger partial charge >= 0.3 is 0 Å². The van der Waals surface area contributed by atoms with Crippen LogP contribution in [0.15, 0.2) is 0 Å². The van der Waals surface area contributed by atoms with Gasteiger partial charge in [0.05, 0.1) is 13.2 Å². The average Bonchev–Trinajstić information content (AvgIpc) is 2.96. The first-order valence-corrected chi connectivity index (χ1v) is 7.55. The van der Waals surface area contributed by atoms with E-state index in [0.717, 1.165) is 19.3 Å². The van der Waals surface area contributed by atoms with Crippen LogP contribution >= 0.6 is 12.4 Å². The predicted molar refractivity (Wildman–Crippen MR) is 82.2 cm³/mol. The maximum absolute atomic E-state index is 12.1. The molecule has 2 atom stereocenters. The molecule has 3 N–H and O–H groups in total. The zero-order valence-electron chi connectivity index (χ0n) is 12.4. The van der Waals surface area contributed by atoms with Crippen LogP contribution in [-0.4, -0.2) is 56.1 Å². The maximum Gasteiger partial charge on any atom is 0.224 e. The Morgan fingerprint density at radius 1 is 1.24 bits per heavy atom. The lowest BCUT2D eigenvalue weighted by Gasteiger charge is -2.27. The number of hydrogen-bond donors (Lipinski definition) is 2. The SMILES string of the molecule is Cl.NC[C@H]1CCC[C@H]1C(=O)NCCC(=O)N1CCOCC1. The molecule has 0 spiro atoms. The number of morpholine rings is 1. The Balaban J connectivity index is 0.00000220. The van der Waals surface area contributed by atoms with Gasteiger partial charge in [-0.2, -0.15) is 0 Å². The molecule has 0 aromatic rings. The highest BCUT2D eigenvalue weighted by Crippen LogP contribution is 2.30. The van der Waals surface area contributed by atoms with Gasteiger partial charge < -0.3 is 20.7 Å². The minimum Gasteiger partial charge on any atom is -0.378 e. The Morgan fingerprint density at radius 2 is 1.95 bits per heavy atom. The molecule has 1 aliphatic heterocycles. The number of ether oxygens (including phenoxy) is 1. The van der Waals surface area contributed by atoms with E-state index in [1.807, 2.05) is 0 Å². The molecule has 1 heterocycles. The smallest absolute Gasteiger partial charge is 0.224 e. The maximum atomic E-state index is 12.1. The van der Waals surface area contributed by atoms with E-state index in [1.165, 1.54) is 0 Å². The van der Waals surface area contributed by atoms with Crippen LogP contribution in [0.3, 0.4) is 0 Å². The fourth-order valence-corrected chi connectivity index (χ4v) is 3.06. The van der Waals surface area contributed by atoms with Crippen LogP contribution in [0.5, 0.6) is 0 Å². The topological polar surface area (TPSA) is 84.7 Å². The molecule has 0 bridgehead atoms. The van der Waals surface area contributed by atoms with Crippen LogP contribution in [0, 0.1) is 11.8 Å². The van der Waals surface area contributed by atoms with Crippen LogP contribution in [-0.2, 0) is 14.3 Å². The predicted octanol–water partition coefficient (Wildman–Crippen LogP) is 0.148. The summed E-state index contributed by atoms with van der Waals surface area (Å²) in [6, 6.07) is 0. The van der Waals surface area contributed by atoms with Crippen molar-refractivity contribution in [3.8, 4) is 0 Å². The van der Waals surface area contributed by atoms with Gasteiger partial charge in [0.25, 0.3) is 0 Å². The van der Waals surface area contributed by atoms with Crippen LogP contribution in [0.1, 0.15) is 25.7 Å². The van der Waals surface area contributed by atoms with Crippen LogP contribution < -0.4 is 11.1 Å². The first-order chi connectivity index (χ1) is 9.72. The highest BCUT2D eigenvalue weighted by Gasteiger charge is 2.31. The van der Waals surface area contributed by atoms with E-state index in [-0.39, 0.29) is 30.1 Å². The summed E-state index contributed by atoms with van der Waals surface area (Å²) in [6.07, 6.45) is 3.41. The van der Waals surface area contributed by atoms with E-state index in [9.17, 15) is 9.59 Å². The molecule has 7 heteroatoms. The molecule has 21 heavy (non-hydrogen) atoms. The molecule has 1 aliphatic carbocycles. The Labute approximate surface area is 132 Å². The summed E-state index contributed by atoms with van der Waals surface area (Å²) in [6.45, 7) is 3.53. The summed E-state index contributed by atoms with van der Waals surface area (Å²) >= 11 is 0. The van der Waals surface area contributed by atoms with Gasteiger partial charge in [-0.15, -0.1) is 12.4 Å². The number of nitrogens with zero attached hydrogens (tertiary/aromatic N) is 1. The van der Waals surface area contributed by atoms with Crippen molar-refractivity contribution in [1.29, 1.82) is 0 Å². The summed E-state index contributed by atoms with van der Waals surface area (Å²) in [5.41, 5.74) is 5.68. The zero-order chi connectivity index (χ0) is 14.4. The fourth-order valence-electron chi connectivity index (χ4n) is 3.06. The number of nitrogens with one attached hydrogen (secondary N) is 1. The van der Waals surface area contributed by atoms with E-state index >= 15 is 0 Å². The molecular weight excluding hydrogens is 294 g/mol. The monoisotopic (exact) mass is 319 g/mol. The molecular formula is C14H26ClN3O3. The number of nitrogens with two attached hydrogens (primary N) is 1. The second kappa shape index (κ2) is 9.23. The van der Waals surface area contributed by atoms with Gasteiger partial charge in [-0.25, -0.2) is 0 Å². The Morgan fingerprint density at radius 3 is 2.62 bits per heavy atom. The lowest BCUT2D eigenvalue weighted by molar-refractivity contribution is -0.135. The highest BCUT2D eigenvalue weighted by atomic mass is 35.5. The van der Waals surface area contributed by atoms with E-state index in [0.29, 0.717) is 51.7 Å². The molecule has 1 saturated carbocycles. The van der Waals surface area contributed by atoms with Gasteiger partial charge in [-0.3, -0.25) is 9.59 Å². The molecule has 1 saturated heterocycles. The van der Waals surface area contributed by atoms with Gasteiger partial charge in [0.15, 0.2) is 0 Å². The number of hydrogen-bond acceptors (Lipinski definition) is 4. The van der Waals surface area contributed by atoms with Crippen molar-refractivity contribution in [3.05, 3.63) is 0 Å². The number of amides is 2. The number of rotatable bonds is 5. The molecule has 0 radical (unpaired) electrons. The molecule has 0 unspecified atom stereocenters. The number of carbonyl (C=O) groups excluding carboxylic acids is 2. The molecule has 0 aromatic carbocycles. The Kier molecular flexibility index (Phi) is 8.00. The third-order valence-corrected chi connectivity index (χ3v) is 4.30. The minimum atomic E-state index is 0. The van der Waals surface area contributed by atoms with Crippen LogP contribution in [0.4, 0.5) is 0 Å². The summed E-state index contributed by atoms with van der Waals surface area (Å²) in [7, 11) is 0. The summed E-state index contributed by atoms with van der Waals surface area (Å²) in [4.78, 5) is 25.8. The van der Waals surface area contributed by atoms with Crippen molar-refractivity contribution in [2.24, 2.45) is 17.6 Å². The lowest BCUT2D eigenvalue weighted by Crippen LogP contribution is -2.42. The molecule has 2 fully saturated rings. The fraction of sp³-hybridized carbons (Fsp3) is 0.857. The largest absolute Gasteiger partial charge is 0.378 e. The molecule has 0 aromatic heterocycles. The third kappa shape index (κ3) is 5.13. The molecule has 6 nitrogen and oxygen atoms in total. The second-order valence-corrected chi connectivity index (χ2v) is 5.57. The first kappa shape index (κ1) is 18.2. The minimum absolute atomic E-state index is 0. The van der Waals surface area contributed by atoms with E-state index in [2.05, 4.69) is 5.32 Å². The van der Waals surface area contributed by atoms with Crippen molar-refractivity contribution < 1.29 is 14.3 Å². The van der Waals surface area contributed by atoms with E-state index in [1.54, 1.807) is 4.90 Å². The van der Waals surface area contributed by atoms with E-state index in [4.69, 9.17) is 10.5 Å².